The molecule has 3 aromatic rings. The van der Waals surface area contributed by atoms with Gasteiger partial charge >= 0.3 is 6.18 Å². The first-order chi connectivity index (χ1) is 17.6. The van der Waals surface area contributed by atoms with Crippen LogP contribution in [-0.2, 0) is 11.4 Å². The summed E-state index contributed by atoms with van der Waals surface area (Å²) in [7, 11) is 0. The fourth-order valence-electron chi connectivity index (χ4n) is 5.98. The van der Waals surface area contributed by atoms with Crippen LogP contribution in [-0.4, -0.2) is 28.4 Å². The van der Waals surface area contributed by atoms with E-state index in [1.54, 1.807) is 0 Å². The lowest BCUT2D eigenvalue weighted by molar-refractivity contribution is -0.270. The van der Waals surface area contributed by atoms with Gasteiger partial charge in [-0.25, -0.2) is 5.90 Å². The van der Waals surface area contributed by atoms with Gasteiger partial charge in [-0.3, -0.25) is 4.84 Å². The molecule has 0 bridgehead atoms. The van der Waals surface area contributed by atoms with Crippen molar-refractivity contribution in [1.29, 1.82) is 0 Å². The molecule has 1 heterocycles. The van der Waals surface area contributed by atoms with Crippen molar-refractivity contribution < 1.29 is 23.1 Å². The number of alkyl halides is 3. The number of H-pyrrole nitrogens is 1. The average Bonchev–Trinajstić information content (AvgIpc) is 3.31. The SMILES string of the molecule is CCC(CCCN)c1cc2c(-c3cccc(C4CCC(O)(C(F)(F)F)CC4)c3C)ccc(CON)c2[nH]1. The van der Waals surface area contributed by atoms with Crippen LogP contribution in [0.4, 0.5) is 13.2 Å². The second-order valence-electron chi connectivity index (χ2n) is 10.5. The van der Waals surface area contributed by atoms with Crippen molar-refractivity contribution in [3.63, 3.8) is 0 Å². The van der Waals surface area contributed by atoms with E-state index in [-0.39, 0.29) is 25.4 Å². The minimum Gasteiger partial charge on any atom is -0.380 e. The van der Waals surface area contributed by atoms with Crippen molar-refractivity contribution in [1.82, 2.24) is 4.98 Å². The fraction of sp³-hybridized carbons (Fsp3) is 0.517. The lowest BCUT2D eigenvalue weighted by atomic mass is 9.74. The summed E-state index contributed by atoms with van der Waals surface area (Å²) in [6.07, 6.45) is -1.60. The number of aromatic amines is 1. The summed E-state index contributed by atoms with van der Waals surface area (Å²) in [6, 6.07) is 12.4. The molecule has 0 radical (unpaired) electrons. The van der Waals surface area contributed by atoms with Gasteiger partial charge in [-0.1, -0.05) is 37.3 Å². The number of aliphatic hydroxyl groups is 1. The van der Waals surface area contributed by atoms with Gasteiger partial charge in [0, 0.05) is 16.6 Å². The zero-order valence-corrected chi connectivity index (χ0v) is 21.6. The molecule has 0 spiro atoms. The second-order valence-corrected chi connectivity index (χ2v) is 10.5. The summed E-state index contributed by atoms with van der Waals surface area (Å²) in [5.74, 6) is 5.75. The maximum Gasteiger partial charge on any atom is 0.417 e. The average molecular weight is 518 g/mol. The van der Waals surface area contributed by atoms with Crippen LogP contribution in [0.5, 0.6) is 0 Å². The zero-order chi connectivity index (χ0) is 26.8. The van der Waals surface area contributed by atoms with Crippen LogP contribution in [0.3, 0.4) is 0 Å². The van der Waals surface area contributed by atoms with Gasteiger partial charge in [0.2, 0.25) is 0 Å². The van der Waals surface area contributed by atoms with Gasteiger partial charge in [0.25, 0.3) is 0 Å². The van der Waals surface area contributed by atoms with Crippen molar-refractivity contribution in [2.24, 2.45) is 11.6 Å². The van der Waals surface area contributed by atoms with Gasteiger partial charge in [0.1, 0.15) is 0 Å². The lowest BCUT2D eigenvalue weighted by Crippen LogP contribution is -2.47. The predicted octanol–water partition coefficient (Wildman–Crippen LogP) is 6.72. The van der Waals surface area contributed by atoms with Gasteiger partial charge in [-0.2, -0.15) is 13.2 Å². The van der Waals surface area contributed by atoms with E-state index in [4.69, 9.17) is 16.5 Å². The Morgan fingerprint density at radius 3 is 2.51 bits per heavy atom. The molecular weight excluding hydrogens is 479 g/mol. The third kappa shape index (κ3) is 5.43. The highest BCUT2D eigenvalue weighted by molar-refractivity contribution is 5.98. The predicted molar refractivity (Wildman–Crippen MR) is 141 cm³/mol. The smallest absolute Gasteiger partial charge is 0.380 e. The molecule has 0 saturated heterocycles. The number of benzene rings is 2. The first-order valence-electron chi connectivity index (χ1n) is 13.2. The van der Waals surface area contributed by atoms with Crippen LogP contribution >= 0.6 is 0 Å². The highest BCUT2D eigenvalue weighted by Gasteiger charge is 2.54. The van der Waals surface area contributed by atoms with Crippen molar-refractivity contribution in [3.8, 4) is 11.1 Å². The third-order valence-electron chi connectivity index (χ3n) is 8.28. The monoisotopic (exact) mass is 517 g/mol. The van der Waals surface area contributed by atoms with Crippen LogP contribution < -0.4 is 11.6 Å². The fourth-order valence-corrected chi connectivity index (χ4v) is 5.98. The molecule has 1 fully saturated rings. The largest absolute Gasteiger partial charge is 0.417 e. The molecule has 4 rings (SSSR count). The van der Waals surface area contributed by atoms with Crippen molar-refractivity contribution in [2.75, 3.05) is 6.54 Å². The van der Waals surface area contributed by atoms with E-state index in [0.29, 0.717) is 25.3 Å². The molecule has 0 amide bonds. The second kappa shape index (κ2) is 11.2. The Bertz CT molecular complexity index is 1210. The Balaban J connectivity index is 1.73. The summed E-state index contributed by atoms with van der Waals surface area (Å²) in [4.78, 5) is 8.60. The number of hydrogen-bond acceptors (Lipinski definition) is 4. The lowest BCUT2D eigenvalue weighted by Gasteiger charge is -2.37. The summed E-state index contributed by atoms with van der Waals surface area (Å²) in [5.41, 5.74) is 10.5. The number of rotatable bonds is 9. The number of aromatic nitrogens is 1. The van der Waals surface area contributed by atoms with Gasteiger partial charge < -0.3 is 15.8 Å². The van der Waals surface area contributed by atoms with Crippen molar-refractivity contribution in [2.45, 2.75) is 89.0 Å². The maximum absolute atomic E-state index is 13.3. The standard InChI is InChI=1S/C29H38F3N3O2/c1-3-19(6-5-15-33)26-16-25-24(10-9-21(17-37-34)27(25)35-26)23-8-4-7-22(18(23)2)20-11-13-28(36,14-12-20)29(30,31)32/h4,7-10,16,19-20,35-36H,3,5-6,11-15,17,33-34H2,1-2H3. The van der Waals surface area contributed by atoms with Gasteiger partial charge in [-0.05, 0) is 98.6 Å². The molecule has 37 heavy (non-hydrogen) atoms. The van der Waals surface area contributed by atoms with E-state index in [0.717, 1.165) is 63.7 Å². The molecule has 2 aromatic carbocycles. The molecule has 5 nitrogen and oxygen atoms in total. The summed E-state index contributed by atoms with van der Waals surface area (Å²) in [6.45, 7) is 5.15. The number of fused-ring (bicyclic) bond motifs is 1. The van der Waals surface area contributed by atoms with Crippen molar-refractivity contribution in [3.05, 3.63) is 58.8 Å². The van der Waals surface area contributed by atoms with E-state index < -0.39 is 11.8 Å². The summed E-state index contributed by atoms with van der Waals surface area (Å²) >= 11 is 0. The maximum atomic E-state index is 13.3. The molecule has 1 aliphatic carbocycles. The third-order valence-corrected chi connectivity index (χ3v) is 8.28. The molecule has 202 valence electrons. The van der Waals surface area contributed by atoms with Crippen LogP contribution in [0, 0.1) is 6.92 Å². The highest BCUT2D eigenvalue weighted by atomic mass is 19.4. The van der Waals surface area contributed by atoms with Crippen LogP contribution in [0.25, 0.3) is 22.0 Å². The molecule has 1 saturated carbocycles. The first kappa shape index (κ1) is 27.6. The molecule has 1 atom stereocenters. The van der Waals surface area contributed by atoms with Gasteiger partial charge in [0.15, 0.2) is 5.60 Å². The first-order valence-corrected chi connectivity index (χ1v) is 13.2. The topological polar surface area (TPSA) is 97.3 Å². The van der Waals surface area contributed by atoms with E-state index in [1.807, 2.05) is 25.1 Å². The number of hydrogen-bond donors (Lipinski definition) is 4. The quantitative estimate of drug-likeness (QED) is 0.237. The Morgan fingerprint density at radius 1 is 1.16 bits per heavy atom. The van der Waals surface area contributed by atoms with Crippen LogP contribution in [0.1, 0.15) is 86.1 Å². The zero-order valence-electron chi connectivity index (χ0n) is 21.6. The summed E-state index contributed by atoms with van der Waals surface area (Å²) < 4.78 is 40.0. The van der Waals surface area contributed by atoms with E-state index >= 15 is 0 Å². The Hall–Kier alpha value is -2.39. The van der Waals surface area contributed by atoms with Crippen LogP contribution in [0.2, 0.25) is 0 Å². The molecule has 1 unspecified atom stereocenters. The Labute approximate surface area is 216 Å². The molecule has 6 N–H and O–H groups in total. The Kier molecular flexibility index (Phi) is 8.33. The number of halogens is 3. The van der Waals surface area contributed by atoms with Crippen LogP contribution in [0.15, 0.2) is 36.4 Å². The van der Waals surface area contributed by atoms with Gasteiger partial charge in [-0.15, -0.1) is 0 Å². The van der Waals surface area contributed by atoms with E-state index in [1.165, 1.54) is 0 Å². The van der Waals surface area contributed by atoms with Crippen molar-refractivity contribution >= 4 is 10.9 Å². The molecule has 0 aliphatic heterocycles. The summed E-state index contributed by atoms with van der Waals surface area (Å²) in [5, 5.41) is 11.2. The number of nitrogens with two attached hydrogens (primary N) is 2. The molecule has 8 heteroatoms. The molecule has 1 aromatic heterocycles. The highest BCUT2D eigenvalue weighted by Crippen LogP contribution is 2.47. The normalized spacial score (nSPS) is 21.5. The minimum absolute atomic E-state index is 0.0227. The Morgan fingerprint density at radius 2 is 1.89 bits per heavy atom. The molecule has 1 aliphatic rings. The van der Waals surface area contributed by atoms with Gasteiger partial charge in [0.05, 0.1) is 12.1 Å². The number of nitrogens with one attached hydrogen (secondary N) is 1. The van der Waals surface area contributed by atoms with E-state index in [9.17, 15) is 18.3 Å². The molecular formula is C29H38F3N3O2. The minimum atomic E-state index is -4.60. The van der Waals surface area contributed by atoms with E-state index in [2.05, 4.69) is 30.1 Å².